The van der Waals surface area contributed by atoms with E-state index in [4.69, 9.17) is 0 Å². The van der Waals surface area contributed by atoms with Crippen molar-refractivity contribution in [3.05, 3.63) is 235 Å². The summed E-state index contributed by atoms with van der Waals surface area (Å²) in [4.78, 5) is 0. The van der Waals surface area contributed by atoms with Crippen LogP contribution >= 0.6 is 0 Å². The molecule has 0 saturated heterocycles. The SMILES string of the molecule is C=C/C=C(\C=C/C)[Si](c1ccccc1)(c1cccc(-n2c3ccccc3c3ccc4c(c32)C(C)(C)c2ccccc2-4)c1)c1cccc2c1c1ccccc1n2-c1ccccc1. The quantitative estimate of drug-likeness (QED) is 0.0823. The van der Waals surface area contributed by atoms with Gasteiger partial charge in [0, 0.05) is 38.3 Å². The van der Waals surface area contributed by atoms with Crippen LogP contribution in [0.3, 0.4) is 0 Å². The number of rotatable bonds is 8. The minimum atomic E-state index is -3.17. The summed E-state index contributed by atoms with van der Waals surface area (Å²) >= 11 is 0. The van der Waals surface area contributed by atoms with Gasteiger partial charge in [0.25, 0.3) is 0 Å². The first-order chi connectivity index (χ1) is 30.0. The number of para-hydroxylation sites is 3. The van der Waals surface area contributed by atoms with Crippen LogP contribution in [0.1, 0.15) is 31.9 Å². The normalized spacial score (nSPS) is 14.5. The Balaban J connectivity index is 1.29. The van der Waals surface area contributed by atoms with Gasteiger partial charge in [-0.15, -0.1) is 0 Å². The van der Waals surface area contributed by atoms with Crippen LogP contribution < -0.4 is 15.6 Å². The van der Waals surface area contributed by atoms with Crippen LogP contribution in [0, 0.1) is 0 Å². The first-order valence-corrected chi connectivity index (χ1v) is 23.4. The largest absolute Gasteiger partial charge is 0.309 e. The topological polar surface area (TPSA) is 9.86 Å². The van der Waals surface area contributed by atoms with E-state index in [1.807, 2.05) is 6.08 Å². The second-order valence-electron chi connectivity index (χ2n) is 16.8. The van der Waals surface area contributed by atoms with Crippen molar-refractivity contribution < 1.29 is 0 Å². The number of allylic oxidation sites excluding steroid dienone is 5. The Kier molecular flexibility index (Phi) is 8.59. The first-order valence-electron chi connectivity index (χ1n) is 21.4. The highest BCUT2D eigenvalue weighted by Gasteiger charge is 2.44. The lowest BCUT2D eigenvalue weighted by atomic mass is 9.81. The summed E-state index contributed by atoms with van der Waals surface area (Å²) in [5.41, 5.74) is 12.4. The molecular formula is C58H46N2Si. The van der Waals surface area contributed by atoms with Gasteiger partial charge in [-0.3, -0.25) is 0 Å². The van der Waals surface area contributed by atoms with E-state index in [1.54, 1.807) is 0 Å². The van der Waals surface area contributed by atoms with Crippen LogP contribution in [-0.4, -0.2) is 17.2 Å². The summed E-state index contributed by atoms with van der Waals surface area (Å²) in [6, 6.07) is 70.2. The van der Waals surface area contributed by atoms with Crippen molar-refractivity contribution in [2.75, 3.05) is 0 Å². The number of nitrogens with zero attached hydrogens (tertiary/aromatic N) is 2. The fourth-order valence-electron chi connectivity index (χ4n) is 10.9. The van der Waals surface area contributed by atoms with Crippen molar-refractivity contribution >= 4 is 67.2 Å². The van der Waals surface area contributed by atoms with Gasteiger partial charge in [0.1, 0.15) is 0 Å². The predicted octanol–water partition coefficient (Wildman–Crippen LogP) is 12.9. The van der Waals surface area contributed by atoms with E-state index in [9.17, 15) is 0 Å². The van der Waals surface area contributed by atoms with E-state index in [-0.39, 0.29) is 5.41 Å². The second-order valence-corrected chi connectivity index (χ2v) is 20.6. The summed E-state index contributed by atoms with van der Waals surface area (Å²) < 4.78 is 5.01. The Labute approximate surface area is 358 Å². The van der Waals surface area contributed by atoms with Gasteiger partial charge >= 0.3 is 0 Å². The van der Waals surface area contributed by atoms with Gasteiger partial charge in [-0.25, -0.2) is 0 Å². The molecule has 0 N–H and O–H groups in total. The Morgan fingerprint density at radius 3 is 1.93 bits per heavy atom. The van der Waals surface area contributed by atoms with E-state index >= 15 is 0 Å². The molecule has 2 nitrogen and oxygen atoms in total. The number of aromatic nitrogens is 2. The molecule has 11 rings (SSSR count). The molecule has 0 amide bonds. The van der Waals surface area contributed by atoms with Gasteiger partial charge in [-0.05, 0) is 92.4 Å². The van der Waals surface area contributed by atoms with Crippen molar-refractivity contribution in [2.24, 2.45) is 0 Å². The molecule has 0 spiro atoms. The molecule has 61 heavy (non-hydrogen) atoms. The number of fused-ring (bicyclic) bond motifs is 10. The third kappa shape index (κ3) is 5.27. The standard InChI is InChI=1S/C58H46N2Si/c1-5-21-42(22-6-2)61(43-26-11-8-12-27-43,54-36-20-35-53-55(54)49-31-15-18-34-52(49)59(53)40-23-9-7-10-24-40)44-28-19-25-41(39-44)60-51-33-17-14-30-46(51)48-38-37-47-45-29-13-16-32-50(45)58(3,4)56(47)57(48)60/h5-39H,1H2,2-4H3/b22-6-,42-21+. The summed E-state index contributed by atoms with van der Waals surface area (Å²) in [6.45, 7) is 11.3. The van der Waals surface area contributed by atoms with E-state index in [2.05, 4.69) is 243 Å². The van der Waals surface area contributed by atoms with Crippen LogP contribution in [0.2, 0.25) is 0 Å². The van der Waals surface area contributed by atoms with Gasteiger partial charge in [-0.2, -0.15) is 0 Å². The lowest BCUT2D eigenvalue weighted by Gasteiger charge is -2.36. The Morgan fingerprint density at radius 2 is 1.16 bits per heavy atom. The lowest BCUT2D eigenvalue weighted by Crippen LogP contribution is -2.68. The molecule has 2 heterocycles. The number of hydrogen-bond acceptors (Lipinski definition) is 0. The fourth-order valence-corrected chi connectivity index (χ4v) is 16.0. The molecular weight excluding hydrogens is 753 g/mol. The Morgan fingerprint density at radius 1 is 0.541 bits per heavy atom. The highest BCUT2D eigenvalue weighted by molar-refractivity contribution is 7.17. The summed E-state index contributed by atoms with van der Waals surface area (Å²) in [6.07, 6.45) is 8.80. The molecule has 10 aromatic rings. The molecule has 1 aliphatic carbocycles. The van der Waals surface area contributed by atoms with Gasteiger partial charge < -0.3 is 9.13 Å². The monoisotopic (exact) mass is 798 g/mol. The van der Waals surface area contributed by atoms with E-state index in [0.29, 0.717) is 0 Å². The molecule has 1 atom stereocenters. The minimum Gasteiger partial charge on any atom is -0.309 e. The summed E-state index contributed by atoms with van der Waals surface area (Å²) in [7, 11) is -3.17. The maximum atomic E-state index is 4.33. The third-order valence-corrected chi connectivity index (χ3v) is 18.1. The van der Waals surface area contributed by atoms with Crippen molar-refractivity contribution in [1.29, 1.82) is 0 Å². The van der Waals surface area contributed by atoms with Gasteiger partial charge in [-0.1, -0.05) is 190 Å². The predicted molar refractivity (Wildman–Crippen MR) is 263 cm³/mol. The molecule has 0 fully saturated rings. The molecule has 8 aromatic carbocycles. The number of benzene rings is 8. The molecule has 0 aliphatic heterocycles. The van der Waals surface area contributed by atoms with Crippen molar-refractivity contribution in [3.63, 3.8) is 0 Å². The maximum Gasteiger partial charge on any atom is 0.180 e. The molecule has 1 aliphatic rings. The van der Waals surface area contributed by atoms with Gasteiger partial charge in [0.05, 0.1) is 22.1 Å². The van der Waals surface area contributed by atoms with Crippen LogP contribution in [0.5, 0.6) is 0 Å². The van der Waals surface area contributed by atoms with Crippen LogP contribution in [-0.2, 0) is 5.41 Å². The van der Waals surface area contributed by atoms with Crippen LogP contribution in [0.4, 0.5) is 0 Å². The zero-order valence-corrected chi connectivity index (χ0v) is 35.8. The third-order valence-electron chi connectivity index (χ3n) is 13.3. The fraction of sp³-hybridized carbons (Fsp3) is 0.0690. The van der Waals surface area contributed by atoms with Crippen molar-refractivity contribution in [3.8, 4) is 22.5 Å². The second kappa shape index (κ2) is 14.2. The van der Waals surface area contributed by atoms with E-state index in [0.717, 1.165) is 11.4 Å². The minimum absolute atomic E-state index is 0.188. The molecule has 0 bridgehead atoms. The highest BCUT2D eigenvalue weighted by atomic mass is 28.3. The zero-order valence-electron chi connectivity index (χ0n) is 34.8. The average molecular weight is 799 g/mol. The van der Waals surface area contributed by atoms with E-state index in [1.165, 1.54) is 86.6 Å². The van der Waals surface area contributed by atoms with Crippen molar-refractivity contribution in [1.82, 2.24) is 9.13 Å². The van der Waals surface area contributed by atoms with E-state index < -0.39 is 8.07 Å². The maximum absolute atomic E-state index is 4.33. The zero-order chi connectivity index (χ0) is 41.3. The molecule has 0 radical (unpaired) electrons. The number of hydrogen-bond donors (Lipinski definition) is 0. The highest BCUT2D eigenvalue weighted by Crippen LogP contribution is 2.53. The smallest absolute Gasteiger partial charge is 0.180 e. The van der Waals surface area contributed by atoms with Gasteiger partial charge in [0.15, 0.2) is 8.07 Å². The first kappa shape index (κ1) is 36.8. The van der Waals surface area contributed by atoms with Gasteiger partial charge in [0.2, 0.25) is 0 Å². The van der Waals surface area contributed by atoms with Crippen LogP contribution in [0.15, 0.2) is 224 Å². The van der Waals surface area contributed by atoms with Crippen LogP contribution in [0.25, 0.3) is 66.1 Å². The molecule has 3 heteroatoms. The molecule has 292 valence electrons. The Hall–Kier alpha value is -7.20. The summed E-state index contributed by atoms with van der Waals surface area (Å²) in [5.74, 6) is 0. The molecule has 1 unspecified atom stereocenters. The van der Waals surface area contributed by atoms with Crippen molar-refractivity contribution in [2.45, 2.75) is 26.2 Å². The Bertz CT molecular complexity index is 3420. The lowest BCUT2D eigenvalue weighted by molar-refractivity contribution is 0.664. The molecule has 0 saturated carbocycles. The summed E-state index contributed by atoms with van der Waals surface area (Å²) in [5, 5.41) is 10.3. The molecule has 2 aromatic heterocycles. The average Bonchev–Trinajstić information content (AvgIpc) is 3.91.